The van der Waals surface area contributed by atoms with Gasteiger partial charge in [-0.05, 0) is 56.3 Å². The number of hydrogen-bond acceptors (Lipinski definition) is 2. The van der Waals surface area contributed by atoms with Gasteiger partial charge in [-0.15, -0.1) is 0 Å². The summed E-state index contributed by atoms with van der Waals surface area (Å²) in [7, 11) is 0. The van der Waals surface area contributed by atoms with E-state index in [0.717, 1.165) is 11.8 Å². The Morgan fingerprint density at radius 3 is 2.50 bits per heavy atom. The monoisotopic (exact) mass is 301 g/mol. The summed E-state index contributed by atoms with van der Waals surface area (Å²) in [5.41, 5.74) is 2.90. The molecule has 0 bridgehead atoms. The number of rotatable bonds is 4. The zero-order valence-electron chi connectivity index (χ0n) is 10.4. The molecule has 0 saturated heterocycles. The Hall–Kier alpha value is 0.01000. The first-order chi connectivity index (χ1) is 7.46. The molecule has 0 aliphatic rings. The molecule has 0 aliphatic heterocycles. The molecule has 0 aromatic heterocycles. The Morgan fingerprint density at radius 1 is 1.31 bits per heavy atom. The minimum Gasteiger partial charge on any atom is -0.255 e. The summed E-state index contributed by atoms with van der Waals surface area (Å²) < 4.78 is 3.45. The standard InChI is InChI=1S/C13H20BrNS/c1-5-10-6-7-12(11(8-10)9-14)16-15-13(2,3)4/h6-8,15H,5,9H2,1-4H3. The van der Waals surface area contributed by atoms with Gasteiger partial charge >= 0.3 is 0 Å². The smallest absolute Gasteiger partial charge is 0.0294 e. The van der Waals surface area contributed by atoms with E-state index >= 15 is 0 Å². The van der Waals surface area contributed by atoms with Crippen molar-refractivity contribution >= 4 is 27.9 Å². The van der Waals surface area contributed by atoms with Crippen LogP contribution in [0.3, 0.4) is 0 Å². The lowest BCUT2D eigenvalue weighted by Crippen LogP contribution is -2.29. The number of hydrogen-bond donors (Lipinski definition) is 1. The average molecular weight is 302 g/mol. The van der Waals surface area contributed by atoms with Crippen LogP contribution in [0, 0.1) is 0 Å². The van der Waals surface area contributed by atoms with Gasteiger partial charge in [-0.1, -0.05) is 35.0 Å². The van der Waals surface area contributed by atoms with E-state index in [1.165, 1.54) is 16.0 Å². The van der Waals surface area contributed by atoms with Crippen molar-refractivity contribution in [1.82, 2.24) is 4.72 Å². The minimum atomic E-state index is 0.137. The van der Waals surface area contributed by atoms with Gasteiger partial charge in [0.1, 0.15) is 0 Å². The second kappa shape index (κ2) is 6.08. The van der Waals surface area contributed by atoms with Crippen LogP contribution < -0.4 is 4.72 Å². The van der Waals surface area contributed by atoms with E-state index in [2.05, 4.69) is 66.5 Å². The third kappa shape index (κ3) is 4.48. The number of alkyl halides is 1. The van der Waals surface area contributed by atoms with Crippen LogP contribution in [0.1, 0.15) is 38.8 Å². The highest BCUT2D eigenvalue weighted by Gasteiger charge is 2.11. The fourth-order valence-electron chi connectivity index (χ4n) is 1.26. The third-order valence-corrected chi connectivity index (χ3v) is 4.08. The van der Waals surface area contributed by atoms with Gasteiger partial charge in [0.15, 0.2) is 0 Å². The first kappa shape index (κ1) is 14.1. The molecule has 1 aromatic carbocycles. The molecular weight excluding hydrogens is 282 g/mol. The molecule has 0 fully saturated rings. The van der Waals surface area contributed by atoms with Gasteiger partial charge in [-0.25, -0.2) is 0 Å². The predicted octanol–water partition coefficient (Wildman–Crippen LogP) is 4.54. The van der Waals surface area contributed by atoms with Gasteiger partial charge in [-0.2, -0.15) is 0 Å². The van der Waals surface area contributed by atoms with E-state index in [0.29, 0.717) is 0 Å². The highest BCUT2D eigenvalue weighted by Crippen LogP contribution is 2.25. The molecule has 0 spiro atoms. The number of benzene rings is 1. The van der Waals surface area contributed by atoms with Crippen LogP contribution in [0.4, 0.5) is 0 Å². The van der Waals surface area contributed by atoms with Crippen molar-refractivity contribution in [2.75, 3.05) is 0 Å². The van der Waals surface area contributed by atoms with E-state index in [1.54, 1.807) is 11.9 Å². The molecule has 0 atom stereocenters. The number of halogens is 1. The normalized spacial score (nSPS) is 11.8. The predicted molar refractivity (Wildman–Crippen MR) is 77.2 cm³/mol. The average Bonchev–Trinajstić information content (AvgIpc) is 2.25. The zero-order valence-corrected chi connectivity index (χ0v) is 12.8. The highest BCUT2D eigenvalue weighted by molar-refractivity contribution is 9.08. The first-order valence-electron chi connectivity index (χ1n) is 5.58. The summed E-state index contributed by atoms with van der Waals surface area (Å²) in [6, 6.07) is 6.69. The van der Waals surface area contributed by atoms with Crippen LogP contribution in [0.15, 0.2) is 23.1 Å². The molecule has 1 rings (SSSR count). The maximum atomic E-state index is 3.55. The maximum absolute atomic E-state index is 3.55. The molecule has 1 N–H and O–H groups in total. The van der Waals surface area contributed by atoms with Crippen molar-refractivity contribution in [2.24, 2.45) is 0 Å². The fourth-order valence-corrected chi connectivity index (χ4v) is 2.73. The molecule has 0 unspecified atom stereocenters. The Kier molecular flexibility index (Phi) is 5.35. The van der Waals surface area contributed by atoms with Crippen molar-refractivity contribution in [2.45, 2.75) is 49.9 Å². The third-order valence-electron chi connectivity index (χ3n) is 2.14. The Morgan fingerprint density at radius 2 is 2.00 bits per heavy atom. The Balaban J connectivity index is 2.79. The Bertz CT molecular complexity index is 344. The summed E-state index contributed by atoms with van der Waals surface area (Å²) in [4.78, 5) is 1.31. The summed E-state index contributed by atoms with van der Waals surface area (Å²) in [6.07, 6.45) is 1.09. The van der Waals surface area contributed by atoms with E-state index in [9.17, 15) is 0 Å². The molecule has 1 nitrogen and oxygen atoms in total. The second-order valence-corrected chi connectivity index (χ2v) is 6.29. The van der Waals surface area contributed by atoms with Gasteiger partial charge in [0, 0.05) is 15.8 Å². The van der Waals surface area contributed by atoms with Crippen molar-refractivity contribution in [1.29, 1.82) is 0 Å². The Labute approximate surface area is 112 Å². The van der Waals surface area contributed by atoms with E-state index < -0.39 is 0 Å². The topological polar surface area (TPSA) is 12.0 Å². The van der Waals surface area contributed by atoms with Crippen molar-refractivity contribution in [3.8, 4) is 0 Å². The van der Waals surface area contributed by atoms with Gasteiger partial charge in [-0.3, -0.25) is 4.72 Å². The van der Waals surface area contributed by atoms with Crippen LogP contribution in [0.5, 0.6) is 0 Å². The molecule has 16 heavy (non-hydrogen) atoms. The van der Waals surface area contributed by atoms with Gasteiger partial charge in [0.05, 0.1) is 0 Å². The van der Waals surface area contributed by atoms with E-state index in [1.807, 2.05) is 0 Å². The van der Waals surface area contributed by atoms with E-state index in [4.69, 9.17) is 0 Å². The summed E-state index contributed by atoms with van der Waals surface area (Å²) in [5, 5.41) is 0.912. The largest absolute Gasteiger partial charge is 0.255 e. The molecule has 3 heteroatoms. The summed E-state index contributed by atoms with van der Waals surface area (Å²) in [6.45, 7) is 8.71. The lowest BCUT2D eigenvalue weighted by atomic mass is 10.1. The molecule has 90 valence electrons. The molecular formula is C13H20BrNS. The summed E-state index contributed by atoms with van der Waals surface area (Å²) in [5.74, 6) is 0. The molecule has 0 heterocycles. The highest BCUT2D eigenvalue weighted by atomic mass is 79.9. The molecule has 0 aliphatic carbocycles. The van der Waals surface area contributed by atoms with Crippen LogP contribution >= 0.6 is 27.9 Å². The molecule has 0 amide bonds. The quantitative estimate of drug-likeness (QED) is 0.647. The van der Waals surface area contributed by atoms with Gasteiger partial charge < -0.3 is 0 Å². The molecule has 1 aromatic rings. The van der Waals surface area contributed by atoms with Crippen molar-refractivity contribution in [3.05, 3.63) is 29.3 Å². The zero-order chi connectivity index (χ0) is 12.2. The second-order valence-electron chi connectivity index (χ2n) is 4.88. The lowest BCUT2D eigenvalue weighted by Gasteiger charge is -2.20. The maximum Gasteiger partial charge on any atom is 0.0294 e. The van der Waals surface area contributed by atoms with E-state index in [-0.39, 0.29) is 5.54 Å². The van der Waals surface area contributed by atoms with Crippen LogP contribution in [-0.4, -0.2) is 5.54 Å². The van der Waals surface area contributed by atoms with Gasteiger partial charge in [0.2, 0.25) is 0 Å². The van der Waals surface area contributed by atoms with Crippen molar-refractivity contribution < 1.29 is 0 Å². The minimum absolute atomic E-state index is 0.137. The first-order valence-corrected chi connectivity index (χ1v) is 7.52. The van der Waals surface area contributed by atoms with Crippen LogP contribution in [0.25, 0.3) is 0 Å². The number of aryl methyl sites for hydroxylation is 1. The van der Waals surface area contributed by atoms with Crippen LogP contribution in [-0.2, 0) is 11.8 Å². The lowest BCUT2D eigenvalue weighted by molar-refractivity contribution is 0.535. The summed E-state index contributed by atoms with van der Waals surface area (Å²) >= 11 is 5.27. The number of nitrogens with one attached hydrogen (secondary N) is 1. The fraction of sp³-hybridized carbons (Fsp3) is 0.538. The van der Waals surface area contributed by atoms with Crippen molar-refractivity contribution in [3.63, 3.8) is 0 Å². The molecule has 0 radical (unpaired) electrons. The van der Waals surface area contributed by atoms with Crippen LogP contribution in [0.2, 0.25) is 0 Å². The molecule has 0 saturated carbocycles. The van der Waals surface area contributed by atoms with Gasteiger partial charge in [0.25, 0.3) is 0 Å². The SMILES string of the molecule is CCc1ccc(SNC(C)(C)C)c(CBr)c1.